The number of halogens is 2. The molecule has 1 aromatic heterocycles. The van der Waals surface area contributed by atoms with Crippen molar-refractivity contribution in [3.63, 3.8) is 0 Å². The number of carbonyl (C=O) groups is 1. The van der Waals surface area contributed by atoms with Crippen LogP contribution in [-0.4, -0.2) is 46.9 Å². The van der Waals surface area contributed by atoms with Crippen LogP contribution in [-0.2, 0) is 0 Å². The Labute approximate surface area is 153 Å². The Balaban J connectivity index is 1.66. The van der Waals surface area contributed by atoms with Crippen molar-refractivity contribution in [3.8, 4) is 0 Å². The summed E-state index contributed by atoms with van der Waals surface area (Å²) in [5.41, 5.74) is 0.337. The standard InChI is InChI=1S/C16H14Cl2N4O3/c17-11-1-3-14(18)13(9-11)16(23)21-7-5-20(6-8-21)15-4-2-12(10-19-15)22(24)25/h1-4,9-10H,5-8H2. The molecule has 130 valence electrons. The van der Waals surface area contributed by atoms with Gasteiger partial charge in [-0.15, -0.1) is 0 Å². The summed E-state index contributed by atoms with van der Waals surface area (Å²) in [7, 11) is 0. The number of aromatic nitrogens is 1. The van der Waals surface area contributed by atoms with E-state index in [-0.39, 0.29) is 11.6 Å². The van der Waals surface area contributed by atoms with Crippen LogP contribution in [0.15, 0.2) is 36.5 Å². The molecule has 0 N–H and O–H groups in total. The lowest BCUT2D eigenvalue weighted by molar-refractivity contribution is -0.385. The second-order valence-electron chi connectivity index (χ2n) is 5.54. The van der Waals surface area contributed by atoms with Crippen LogP contribution in [0.3, 0.4) is 0 Å². The minimum absolute atomic E-state index is 0.0480. The molecule has 0 atom stereocenters. The molecule has 2 heterocycles. The molecule has 1 aliphatic rings. The number of carbonyl (C=O) groups excluding carboxylic acids is 1. The molecule has 7 nitrogen and oxygen atoms in total. The minimum atomic E-state index is -0.484. The van der Waals surface area contributed by atoms with Crippen LogP contribution < -0.4 is 4.90 Å². The predicted octanol–water partition coefficient (Wildman–Crippen LogP) is 3.26. The molecule has 2 aromatic rings. The van der Waals surface area contributed by atoms with Crippen LogP contribution in [0.25, 0.3) is 0 Å². The zero-order chi connectivity index (χ0) is 18.0. The highest BCUT2D eigenvalue weighted by molar-refractivity contribution is 6.35. The second-order valence-corrected chi connectivity index (χ2v) is 6.38. The van der Waals surface area contributed by atoms with E-state index in [0.717, 1.165) is 0 Å². The first kappa shape index (κ1) is 17.4. The summed E-state index contributed by atoms with van der Waals surface area (Å²) in [4.78, 5) is 30.6. The number of amides is 1. The van der Waals surface area contributed by atoms with Crippen molar-refractivity contribution in [2.75, 3.05) is 31.1 Å². The van der Waals surface area contributed by atoms with Gasteiger partial charge in [-0.05, 0) is 24.3 Å². The van der Waals surface area contributed by atoms with Gasteiger partial charge in [-0.1, -0.05) is 23.2 Å². The molecule has 0 unspecified atom stereocenters. The number of pyridine rings is 1. The van der Waals surface area contributed by atoms with Gasteiger partial charge in [-0.2, -0.15) is 0 Å². The molecule has 25 heavy (non-hydrogen) atoms. The Hall–Kier alpha value is -2.38. The third-order valence-electron chi connectivity index (χ3n) is 3.99. The lowest BCUT2D eigenvalue weighted by Crippen LogP contribution is -2.49. The van der Waals surface area contributed by atoms with Gasteiger partial charge >= 0.3 is 0 Å². The fourth-order valence-electron chi connectivity index (χ4n) is 2.64. The van der Waals surface area contributed by atoms with Gasteiger partial charge in [0, 0.05) is 37.3 Å². The van der Waals surface area contributed by atoms with Crippen molar-refractivity contribution in [2.45, 2.75) is 0 Å². The van der Waals surface area contributed by atoms with Crippen LogP contribution in [0, 0.1) is 10.1 Å². The molecule has 1 saturated heterocycles. The van der Waals surface area contributed by atoms with E-state index in [2.05, 4.69) is 4.98 Å². The molecule has 0 saturated carbocycles. The van der Waals surface area contributed by atoms with Crippen molar-refractivity contribution < 1.29 is 9.72 Å². The summed E-state index contributed by atoms with van der Waals surface area (Å²) in [6.45, 7) is 2.16. The van der Waals surface area contributed by atoms with Gasteiger partial charge in [0.2, 0.25) is 0 Å². The molecular weight excluding hydrogens is 367 g/mol. The van der Waals surface area contributed by atoms with Gasteiger partial charge in [-0.25, -0.2) is 4.98 Å². The number of rotatable bonds is 3. The van der Waals surface area contributed by atoms with Crippen LogP contribution >= 0.6 is 23.2 Å². The average Bonchev–Trinajstić information content (AvgIpc) is 2.63. The van der Waals surface area contributed by atoms with E-state index in [0.29, 0.717) is 47.6 Å². The average molecular weight is 381 g/mol. The zero-order valence-electron chi connectivity index (χ0n) is 13.1. The van der Waals surface area contributed by atoms with E-state index in [1.54, 1.807) is 29.2 Å². The van der Waals surface area contributed by atoms with Gasteiger partial charge < -0.3 is 9.80 Å². The molecule has 0 spiro atoms. The molecule has 1 aromatic carbocycles. The smallest absolute Gasteiger partial charge is 0.287 e. The maximum atomic E-state index is 12.6. The molecule has 1 amide bonds. The predicted molar refractivity (Wildman–Crippen MR) is 95.5 cm³/mol. The maximum Gasteiger partial charge on any atom is 0.287 e. The molecule has 9 heteroatoms. The molecule has 0 aliphatic carbocycles. The van der Waals surface area contributed by atoms with Crippen LogP contribution in [0.4, 0.5) is 11.5 Å². The summed E-state index contributed by atoms with van der Waals surface area (Å²) < 4.78 is 0. The highest BCUT2D eigenvalue weighted by Crippen LogP contribution is 2.23. The van der Waals surface area contributed by atoms with Gasteiger partial charge in [0.1, 0.15) is 12.0 Å². The topological polar surface area (TPSA) is 79.6 Å². The van der Waals surface area contributed by atoms with E-state index in [1.807, 2.05) is 4.90 Å². The number of nitro groups is 1. The maximum absolute atomic E-state index is 12.6. The Morgan fingerprint density at radius 1 is 1.12 bits per heavy atom. The summed E-state index contributed by atoms with van der Waals surface area (Å²) in [5.74, 6) is 0.488. The quantitative estimate of drug-likeness (QED) is 0.602. The highest BCUT2D eigenvalue weighted by Gasteiger charge is 2.24. The lowest BCUT2D eigenvalue weighted by Gasteiger charge is -2.35. The lowest BCUT2D eigenvalue weighted by atomic mass is 10.1. The first-order valence-electron chi connectivity index (χ1n) is 7.55. The third-order valence-corrected chi connectivity index (χ3v) is 4.56. The van der Waals surface area contributed by atoms with Gasteiger partial charge in [0.25, 0.3) is 11.6 Å². The van der Waals surface area contributed by atoms with Crippen molar-refractivity contribution in [1.29, 1.82) is 0 Å². The van der Waals surface area contributed by atoms with Gasteiger partial charge in [0.15, 0.2) is 0 Å². The molecule has 0 bridgehead atoms. The normalized spacial score (nSPS) is 14.5. The molecule has 1 fully saturated rings. The number of benzene rings is 1. The monoisotopic (exact) mass is 380 g/mol. The second kappa shape index (κ2) is 7.25. The molecule has 0 radical (unpaired) electrons. The van der Waals surface area contributed by atoms with Gasteiger partial charge in [0.05, 0.1) is 15.5 Å². The van der Waals surface area contributed by atoms with Crippen molar-refractivity contribution in [2.24, 2.45) is 0 Å². The Morgan fingerprint density at radius 3 is 2.44 bits per heavy atom. The zero-order valence-corrected chi connectivity index (χ0v) is 14.6. The van der Waals surface area contributed by atoms with Crippen LogP contribution in [0.2, 0.25) is 10.0 Å². The number of piperazine rings is 1. The first-order valence-corrected chi connectivity index (χ1v) is 8.31. The Morgan fingerprint density at radius 2 is 1.84 bits per heavy atom. The van der Waals surface area contributed by atoms with E-state index >= 15 is 0 Å². The van der Waals surface area contributed by atoms with Crippen molar-refractivity contribution >= 4 is 40.6 Å². The summed E-state index contributed by atoms with van der Waals surface area (Å²) in [5, 5.41) is 11.5. The number of nitrogens with zero attached hydrogens (tertiary/aromatic N) is 4. The number of hydrogen-bond acceptors (Lipinski definition) is 5. The van der Waals surface area contributed by atoms with Crippen molar-refractivity contribution in [1.82, 2.24) is 9.88 Å². The fourth-order valence-corrected chi connectivity index (χ4v) is 3.01. The summed E-state index contributed by atoms with van der Waals surface area (Å²) in [6.07, 6.45) is 1.23. The van der Waals surface area contributed by atoms with E-state index in [4.69, 9.17) is 23.2 Å². The number of anilines is 1. The Bertz CT molecular complexity index is 806. The third kappa shape index (κ3) is 3.83. The van der Waals surface area contributed by atoms with Crippen molar-refractivity contribution in [3.05, 3.63) is 62.3 Å². The molecular formula is C16H14Cl2N4O3. The van der Waals surface area contributed by atoms with Crippen LogP contribution in [0.1, 0.15) is 10.4 Å². The van der Waals surface area contributed by atoms with Crippen LogP contribution in [0.5, 0.6) is 0 Å². The fraction of sp³-hybridized carbons (Fsp3) is 0.250. The highest BCUT2D eigenvalue weighted by atomic mass is 35.5. The summed E-state index contributed by atoms with van der Waals surface area (Å²) in [6, 6.07) is 7.85. The van der Waals surface area contributed by atoms with Gasteiger partial charge in [-0.3, -0.25) is 14.9 Å². The van der Waals surface area contributed by atoms with E-state index < -0.39 is 4.92 Å². The SMILES string of the molecule is O=C(c1cc(Cl)ccc1Cl)N1CCN(c2ccc([N+](=O)[O-])cn2)CC1. The first-order chi connectivity index (χ1) is 12.0. The van der Waals surface area contributed by atoms with E-state index in [9.17, 15) is 14.9 Å². The molecule has 3 rings (SSSR count). The largest absolute Gasteiger partial charge is 0.353 e. The van der Waals surface area contributed by atoms with E-state index in [1.165, 1.54) is 12.3 Å². The minimum Gasteiger partial charge on any atom is -0.353 e. The number of hydrogen-bond donors (Lipinski definition) is 0. The Kier molecular flexibility index (Phi) is 5.06. The summed E-state index contributed by atoms with van der Waals surface area (Å²) >= 11 is 12.0. The molecule has 1 aliphatic heterocycles.